The second-order valence-electron chi connectivity index (χ2n) is 9.95. The predicted molar refractivity (Wildman–Crippen MR) is 145 cm³/mol. The first-order valence-corrected chi connectivity index (χ1v) is 16.5. The standard InChI is InChI=1S/C28H56S2/c1-3-5-7-9-11-13-15-17-19-21-23-27-25-26-29-30-28(27)24-22-20-18-16-14-12-10-8-6-4-2/h27-28H,3-26H2,1-2H3. The summed E-state index contributed by atoms with van der Waals surface area (Å²) in [6.45, 7) is 4.62. The highest BCUT2D eigenvalue weighted by atomic mass is 33.1. The van der Waals surface area contributed by atoms with Crippen LogP contribution in [0.2, 0.25) is 0 Å². The maximum atomic E-state index is 2.31. The van der Waals surface area contributed by atoms with Gasteiger partial charge in [-0.2, -0.15) is 0 Å². The Morgan fingerprint density at radius 2 is 0.900 bits per heavy atom. The molecule has 180 valence electrons. The maximum absolute atomic E-state index is 2.31. The molecule has 1 aliphatic heterocycles. The summed E-state index contributed by atoms with van der Waals surface area (Å²) in [5.74, 6) is 2.44. The van der Waals surface area contributed by atoms with Crippen LogP contribution in [-0.2, 0) is 0 Å². The molecule has 0 nitrogen and oxygen atoms in total. The molecule has 0 bridgehead atoms. The van der Waals surface area contributed by atoms with E-state index in [2.05, 4.69) is 35.4 Å². The molecule has 30 heavy (non-hydrogen) atoms. The largest absolute Gasteiger partial charge is 0.0939 e. The van der Waals surface area contributed by atoms with Crippen molar-refractivity contribution in [3.8, 4) is 0 Å². The second kappa shape index (κ2) is 22.9. The monoisotopic (exact) mass is 456 g/mol. The van der Waals surface area contributed by atoms with E-state index in [1.165, 1.54) is 153 Å². The summed E-state index contributed by atoms with van der Waals surface area (Å²) >= 11 is 0. The molecule has 2 heteroatoms. The van der Waals surface area contributed by atoms with Gasteiger partial charge in [-0.3, -0.25) is 0 Å². The highest BCUT2D eigenvalue weighted by Gasteiger charge is 2.25. The molecular weight excluding hydrogens is 400 g/mol. The van der Waals surface area contributed by atoms with Crippen LogP contribution >= 0.6 is 21.6 Å². The number of hydrogen-bond donors (Lipinski definition) is 0. The summed E-state index contributed by atoms with van der Waals surface area (Å²) < 4.78 is 0. The Morgan fingerprint density at radius 1 is 0.500 bits per heavy atom. The summed E-state index contributed by atoms with van der Waals surface area (Å²) in [6.07, 6.45) is 33.9. The molecule has 0 aromatic heterocycles. The van der Waals surface area contributed by atoms with Crippen LogP contribution in [0.1, 0.15) is 162 Å². The van der Waals surface area contributed by atoms with Gasteiger partial charge in [-0.15, -0.1) is 0 Å². The molecule has 1 heterocycles. The smallest absolute Gasteiger partial charge is 0.0180 e. The summed E-state index contributed by atoms with van der Waals surface area (Å²) in [6, 6.07) is 0. The van der Waals surface area contributed by atoms with E-state index in [1.54, 1.807) is 0 Å². The van der Waals surface area contributed by atoms with Crippen molar-refractivity contribution < 1.29 is 0 Å². The molecule has 2 unspecified atom stereocenters. The van der Waals surface area contributed by atoms with E-state index in [0.29, 0.717) is 0 Å². The highest BCUT2D eigenvalue weighted by molar-refractivity contribution is 8.77. The third-order valence-corrected chi connectivity index (χ3v) is 10.1. The Morgan fingerprint density at radius 3 is 1.37 bits per heavy atom. The number of unbranched alkanes of at least 4 members (excludes halogenated alkanes) is 18. The molecule has 1 fully saturated rings. The first kappa shape index (κ1) is 28.7. The Labute approximate surface area is 199 Å². The molecule has 0 N–H and O–H groups in total. The van der Waals surface area contributed by atoms with Crippen molar-refractivity contribution in [2.24, 2.45) is 5.92 Å². The van der Waals surface area contributed by atoms with Crippen LogP contribution in [0, 0.1) is 5.92 Å². The summed E-state index contributed by atoms with van der Waals surface area (Å²) in [5.41, 5.74) is 0. The lowest BCUT2D eigenvalue weighted by Gasteiger charge is -2.30. The van der Waals surface area contributed by atoms with E-state index < -0.39 is 0 Å². The quantitative estimate of drug-likeness (QED) is 0.117. The minimum absolute atomic E-state index is 0.969. The molecule has 0 aliphatic carbocycles. The summed E-state index contributed by atoms with van der Waals surface area (Å²) in [5, 5.41) is 0.969. The fraction of sp³-hybridized carbons (Fsp3) is 1.00. The average molecular weight is 457 g/mol. The van der Waals surface area contributed by atoms with Crippen molar-refractivity contribution in [1.82, 2.24) is 0 Å². The number of rotatable bonds is 22. The van der Waals surface area contributed by atoms with Gasteiger partial charge in [0.2, 0.25) is 0 Å². The molecule has 0 radical (unpaired) electrons. The first-order chi connectivity index (χ1) is 14.9. The van der Waals surface area contributed by atoms with Crippen molar-refractivity contribution in [3.63, 3.8) is 0 Å². The summed E-state index contributed by atoms with van der Waals surface area (Å²) in [4.78, 5) is 0. The van der Waals surface area contributed by atoms with Crippen LogP contribution in [-0.4, -0.2) is 11.0 Å². The zero-order valence-corrected chi connectivity index (χ0v) is 22.6. The Balaban J connectivity index is 1.94. The molecule has 2 atom stereocenters. The van der Waals surface area contributed by atoms with Crippen molar-refractivity contribution in [1.29, 1.82) is 0 Å². The van der Waals surface area contributed by atoms with Gasteiger partial charge in [0, 0.05) is 11.0 Å². The maximum Gasteiger partial charge on any atom is 0.0180 e. The lowest BCUT2D eigenvalue weighted by molar-refractivity contribution is 0.404. The molecule has 0 saturated carbocycles. The zero-order valence-electron chi connectivity index (χ0n) is 20.9. The number of hydrogen-bond acceptors (Lipinski definition) is 2. The summed E-state index contributed by atoms with van der Waals surface area (Å²) in [7, 11) is 4.41. The SMILES string of the molecule is CCCCCCCCCCCCC1CCSSC1CCCCCCCCCCCC. The normalized spacial score (nSPS) is 19.4. The fourth-order valence-electron chi connectivity index (χ4n) is 4.94. The molecule has 0 aromatic carbocycles. The van der Waals surface area contributed by atoms with Crippen molar-refractivity contribution in [2.75, 3.05) is 5.75 Å². The van der Waals surface area contributed by atoms with E-state index in [0.717, 1.165) is 11.2 Å². The van der Waals surface area contributed by atoms with E-state index >= 15 is 0 Å². The first-order valence-electron chi connectivity index (χ1n) is 14.2. The molecular formula is C28H56S2. The Hall–Kier alpha value is 0.700. The predicted octanol–water partition coefficient (Wildman–Crippen LogP) is 11.4. The van der Waals surface area contributed by atoms with Gasteiger partial charge in [0.15, 0.2) is 0 Å². The van der Waals surface area contributed by atoms with Gasteiger partial charge in [0.25, 0.3) is 0 Å². The minimum atomic E-state index is 0.969. The second-order valence-corrected chi connectivity index (χ2v) is 12.7. The molecule has 0 aromatic rings. The molecule has 1 saturated heterocycles. The fourth-order valence-corrected chi connectivity index (χ4v) is 8.16. The van der Waals surface area contributed by atoms with E-state index in [-0.39, 0.29) is 0 Å². The van der Waals surface area contributed by atoms with E-state index in [4.69, 9.17) is 0 Å². The van der Waals surface area contributed by atoms with Crippen molar-refractivity contribution >= 4 is 21.6 Å². The molecule has 0 spiro atoms. The van der Waals surface area contributed by atoms with Gasteiger partial charge in [-0.05, 0) is 25.2 Å². The molecule has 0 amide bonds. The van der Waals surface area contributed by atoms with E-state index in [1.807, 2.05) is 0 Å². The van der Waals surface area contributed by atoms with E-state index in [9.17, 15) is 0 Å². The third kappa shape index (κ3) is 17.3. The third-order valence-electron chi connectivity index (χ3n) is 7.06. The average Bonchev–Trinajstić information content (AvgIpc) is 2.77. The molecule has 1 rings (SSSR count). The van der Waals surface area contributed by atoms with Crippen LogP contribution in [0.15, 0.2) is 0 Å². The van der Waals surface area contributed by atoms with Crippen molar-refractivity contribution in [3.05, 3.63) is 0 Å². The van der Waals surface area contributed by atoms with Gasteiger partial charge in [-0.25, -0.2) is 0 Å². The van der Waals surface area contributed by atoms with Crippen LogP contribution < -0.4 is 0 Å². The van der Waals surface area contributed by atoms with Crippen molar-refractivity contribution in [2.45, 2.75) is 167 Å². The van der Waals surface area contributed by atoms with Gasteiger partial charge in [-0.1, -0.05) is 164 Å². The van der Waals surface area contributed by atoms with Crippen LogP contribution in [0.3, 0.4) is 0 Å². The highest BCUT2D eigenvalue weighted by Crippen LogP contribution is 2.43. The van der Waals surface area contributed by atoms with Gasteiger partial charge in [0.1, 0.15) is 0 Å². The topological polar surface area (TPSA) is 0 Å². The zero-order chi connectivity index (χ0) is 21.5. The van der Waals surface area contributed by atoms with Gasteiger partial charge >= 0.3 is 0 Å². The Bertz CT molecular complexity index is 299. The Kier molecular flexibility index (Phi) is 21.9. The lowest BCUT2D eigenvalue weighted by atomic mass is 9.91. The minimum Gasteiger partial charge on any atom is -0.0939 e. The van der Waals surface area contributed by atoms with Crippen LogP contribution in [0.25, 0.3) is 0 Å². The van der Waals surface area contributed by atoms with Gasteiger partial charge in [0.05, 0.1) is 0 Å². The molecule has 1 aliphatic rings. The van der Waals surface area contributed by atoms with Crippen LogP contribution in [0.5, 0.6) is 0 Å². The van der Waals surface area contributed by atoms with Crippen LogP contribution in [0.4, 0.5) is 0 Å². The lowest BCUT2D eigenvalue weighted by Crippen LogP contribution is -2.21. The van der Waals surface area contributed by atoms with Gasteiger partial charge < -0.3 is 0 Å².